The van der Waals surface area contributed by atoms with Crippen LogP contribution >= 0.6 is 34.7 Å². The van der Waals surface area contributed by atoms with Gasteiger partial charge in [-0.05, 0) is 35.7 Å². The molecule has 4 nitrogen and oxygen atoms in total. The number of halogens is 1. The summed E-state index contributed by atoms with van der Waals surface area (Å²) in [6.45, 7) is 0.268. The molecule has 0 radical (unpaired) electrons. The van der Waals surface area contributed by atoms with E-state index in [4.69, 9.17) is 16.3 Å². The van der Waals surface area contributed by atoms with Gasteiger partial charge in [0.2, 0.25) is 0 Å². The first-order valence-corrected chi connectivity index (χ1v) is 9.36. The first-order valence-electron chi connectivity index (χ1n) is 6.94. The monoisotopic (exact) mass is 369 g/mol. The topological polar surface area (TPSA) is 55.4 Å². The van der Waals surface area contributed by atoms with Gasteiger partial charge < -0.3 is 10.1 Å². The molecule has 1 aromatic heterocycles. The highest BCUT2D eigenvalue weighted by Crippen LogP contribution is 2.16. The zero-order chi connectivity index (χ0) is 16.5. The van der Waals surface area contributed by atoms with Crippen molar-refractivity contribution >= 4 is 46.6 Å². The molecule has 0 bridgehead atoms. The van der Waals surface area contributed by atoms with Crippen molar-refractivity contribution in [1.29, 1.82) is 0 Å². The molecular weight excluding hydrogens is 354 g/mol. The number of rotatable bonds is 8. The van der Waals surface area contributed by atoms with Crippen LogP contribution in [0.2, 0.25) is 5.02 Å². The Morgan fingerprint density at radius 3 is 2.70 bits per heavy atom. The summed E-state index contributed by atoms with van der Waals surface area (Å²) in [5.41, 5.74) is 0.369. The Morgan fingerprint density at radius 2 is 2.00 bits per heavy atom. The number of esters is 1. The van der Waals surface area contributed by atoms with E-state index in [2.05, 4.69) is 11.4 Å². The van der Waals surface area contributed by atoms with Crippen LogP contribution in [0.4, 0.5) is 0 Å². The number of amides is 1. The first kappa shape index (κ1) is 17.8. The molecule has 1 heterocycles. The maximum atomic E-state index is 11.7. The van der Waals surface area contributed by atoms with Crippen molar-refractivity contribution in [3.8, 4) is 0 Å². The number of benzene rings is 1. The Kier molecular flexibility index (Phi) is 7.45. The number of hydrogen-bond acceptors (Lipinski definition) is 5. The fourth-order valence-corrected chi connectivity index (χ4v) is 3.51. The molecular formula is C16H16ClNO3S2. The molecule has 122 valence electrons. The zero-order valence-electron chi connectivity index (χ0n) is 12.3. The van der Waals surface area contributed by atoms with Crippen molar-refractivity contribution in [2.75, 3.05) is 18.9 Å². The summed E-state index contributed by atoms with van der Waals surface area (Å²) in [6, 6.07) is 10.4. The third-order valence-corrected chi connectivity index (χ3v) is 5.13. The summed E-state index contributed by atoms with van der Waals surface area (Å²) in [5.74, 6) is 0.918. The van der Waals surface area contributed by atoms with Crippen LogP contribution in [-0.2, 0) is 15.3 Å². The lowest BCUT2D eigenvalue weighted by molar-refractivity contribution is -0.124. The summed E-state index contributed by atoms with van der Waals surface area (Å²) in [6.07, 6.45) is 0. The van der Waals surface area contributed by atoms with E-state index in [9.17, 15) is 9.59 Å². The van der Waals surface area contributed by atoms with Crippen LogP contribution in [0.5, 0.6) is 0 Å². The molecule has 1 amide bonds. The van der Waals surface area contributed by atoms with Gasteiger partial charge in [0, 0.05) is 28.0 Å². The molecule has 0 spiro atoms. The number of carbonyl (C=O) groups is 2. The Labute approximate surface area is 148 Å². The summed E-state index contributed by atoms with van der Waals surface area (Å²) in [5, 5.41) is 5.31. The van der Waals surface area contributed by atoms with Crippen molar-refractivity contribution in [3.05, 3.63) is 57.2 Å². The minimum Gasteiger partial charge on any atom is -0.452 e. The van der Waals surface area contributed by atoms with Gasteiger partial charge in [0.15, 0.2) is 6.61 Å². The highest BCUT2D eigenvalue weighted by Gasteiger charge is 2.09. The van der Waals surface area contributed by atoms with Crippen LogP contribution in [0, 0.1) is 0 Å². The van der Waals surface area contributed by atoms with E-state index in [-0.39, 0.29) is 12.5 Å². The second-order valence-electron chi connectivity index (χ2n) is 4.56. The Morgan fingerprint density at radius 1 is 1.22 bits per heavy atom. The first-order chi connectivity index (χ1) is 11.1. The zero-order valence-corrected chi connectivity index (χ0v) is 14.7. The number of thiophene rings is 1. The lowest BCUT2D eigenvalue weighted by Gasteiger charge is -2.06. The lowest BCUT2D eigenvalue weighted by Crippen LogP contribution is -2.30. The van der Waals surface area contributed by atoms with Crippen molar-refractivity contribution in [2.45, 2.75) is 5.75 Å². The van der Waals surface area contributed by atoms with Crippen molar-refractivity contribution in [3.63, 3.8) is 0 Å². The van der Waals surface area contributed by atoms with Crippen molar-refractivity contribution in [2.24, 2.45) is 0 Å². The van der Waals surface area contributed by atoms with Crippen LogP contribution in [0.1, 0.15) is 15.2 Å². The molecule has 23 heavy (non-hydrogen) atoms. The Bertz CT molecular complexity index is 629. The quantitative estimate of drug-likeness (QED) is 0.570. The second-order valence-corrected chi connectivity index (χ2v) is 7.14. The minimum atomic E-state index is -0.538. The maximum absolute atomic E-state index is 11.7. The smallest absolute Gasteiger partial charge is 0.338 e. The number of carbonyl (C=O) groups excluding carboxylic acids is 2. The van der Waals surface area contributed by atoms with Gasteiger partial charge in [-0.2, -0.15) is 11.8 Å². The van der Waals surface area contributed by atoms with E-state index in [0.717, 1.165) is 11.5 Å². The van der Waals surface area contributed by atoms with Gasteiger partial charge in [-0.15, -0.1) is 11.3 Å². The molecule has 0 aliphatic rings. The van der Waals surface area contributed by atoms with Crippen molar-refractivity contribution < 1.29 is 14.3 Å². The van der Waals surface area contributed by atoms with E-state index in [1.54, 1.807) is 47.4 Å². The van der Waals surface area contributed by atoms with E-state index in [1.807, 2.05) is 11.4 Å². The number of hydrogen-bond donors (Lipinski definition) is 1. The van der Waals surface area contributed by atoms with Gasteiger partial charge >= 0.3 is 5.97 Å². The lowest BCUT2D eigenvalue weighted by atomic mass is 10.2. The molecule has 0 unspecified atom stereocenters. The number of thioether (sulfide) groups is 1. The standard InChI is InChI=1S/C16H16ClNO3S2/c17-13-5-3-12(4-6-13)16(20)21-10-15(19)18-7-9-22-11-14-2-1-8-23-14/h1-6,8H,7,9-11H2,(H,18,19). The molecule has 1 aromatic carbocycles. The van der Waals surface area contributed by atoms with Gasteiger partial charge in [0.1, 0.15) is 0 Å². The van der Waals surface area contributed by atoms with Crippen molar-refractivity contribution in [1.82, 2.24) is 5.32 Å². The van der Waals surface area contributed by atoms with Crippen LogP contribution in [-0.4, -0.2) is 30.8 Å². The van der Waals surface area contributed by atoms with Gasteiger partial charge in [0.25, 0.3) is 5.91 Å². The molecule has 0 saturated carbocycles. The van der Waals surface area contributed by atoms with E-state index >= 15 is 0 Å². The third kappa shape index (κ3) is 6.64. The van der Waals surface area contributed by atoms with Crippen LogP contribution in [0.15, 0.2) is 41.8 Å². The van der Waals surface area contributed by atoms with E-state index in [1.165, 1.54) is 4.88 Å². The molecule has 0 atom stereocenters. The number of ether oxygens (including phenoxy) is 1. The predicted molar refractivity (Wildman–Crippen MR) is 95.2 cm³/mol. The Balaban J connectivity index is 1.57. The molecule has 2 aromatic rings. The Hall–Kier alpha value is -1.50. The molecule has 7 heteroatoms. The summed E-state index contributed by atoms with van der Waals surface area (Å²) < 4.78 is 4.95. The molecule has 0 fully saturated rings. The maximum Gasteiger partial charge on any atom is 0.338 e. The average Bonchev–Trinajstić information content (AvgIpc) is 3.06. The normalized spacial score (nSPS) is 10.3. The summed E-state index contributed by atoms with van der Waals surface area (Å²) in [7, 11) is 0. The van der Waals surface area contributed by atoms with Crippen LogP contribution in [0.3, 0.4) is 0 Å². The van der Waals surface area contributed by atoms with Gasteiger partial charge in [-0.25, -0.2) is 4.79 Å². The van der Waals surface area contributed by atoms with Crippen LogP contribution in [0.25, 0.3) is 0 Å². The van der Waals surface area contributed by atoms with E-state index in [0.29, 0.717) is 17.1 Å². The molecule has 0 aliphatic heterocycles. The minimum absolute atomic E-state index is 0.281. The second kappa shape index (κ2) is 9.60. The fourth-order valence-electron chi connectivity index (χ4n) is 1.68. The van der Waals surface area contributed by atoms with E-state index < -0.39 is 5.97 Å². The third-order valence-electron chi connectivity index (χ3n) is 2.81. The fraction of sp³-hybridized carbons (Fsp3) is 0.250. The van der Waals surface area contributed by atoms with Gasteiger partial charge in [0.05, 0.1) is 5.56 Å². The summed E-state index contributed by atoms with van der Waals surface area (Å²) >= 11 is 9.22. The molecule has 1 N–H and O–H groups in total. The predicted octanol–water partition coefficient (Wildman–Crippen LogP) is 3.61. The number of nitrogens with one attached hydrogen (secondary N) is 1. The van der Waals surface area contributed by atoms with Crippen LogP contribution < -0.4 is 5.32 Å². The highest BCUT2D eigenvalue weighted by atomic mass is 35.5. The molecule has 0 aliphatic carbocycles. The van der Waals surface area contributed by atoms with Gasteiger partial charge in [-0.3, -0.25) is 4.79 Å². The average molecular weight is 370 g/mol. The van der Waals surface area contributed by atoms with Gasteiger partial charge in [-0.1, -0.05) is 17.7 Å². The highest BCUT2D eigenvalue weighted by molar-refractivity contribution is 7.98. The molecule has 0 saturated heterocycles. The largest absolute Gasteiger partial charge is 0.452 e. The summed E-state index contributed by atoms with van der Waals surface area (Å²) in [4.78, 5) is 24.6. The SMILES string of the molecule is O=C(COC(=O)c1ccc(Cl)cc1)NCCSCc1cccs1. The molecule has 2 rings (SSSR count).